The van der Waals surface area contributed by atoms with Gasteiger partial charge in [-0.1, -0.05) is 13.0 Å². The number of aliphatic hydroxyl groups is 3. The topological polar surface area (TPSA) is 87.0 Å². The molecule has 0 aromatic carbocycles. The Balaban J connectivity index is 2.39. The summed E-state index contributed by atoms with van der Waals surface area (Å²) in [7, 11) is 0. The lowest BCUT2D eigenvalue weighted by Gasteiger charge is -2.27. The first kappa shape index (κ1) is 17.1. The van der Waals surface area contributed by atoms with Crippen molar-refractivity contribution in [2.24, 2.45) is 5.41 Å². The van der Waals surface area contributed by atoms with Gasteiger partial charge in [0, 0.05) is 11.0 Å². The second-order valence-corrected chi connectivity index (χ2v) is 5.74. The highest BCUT2D eigenvalue weighted by atomic mass is 16.5. The van der Waals surface area contributed by atoms with Gasteiger partial charge in [0.1, 0.15) is 6.10 Å². The van der Waals surface area contributed by atoms with E-state index in [1.165, 1.54) is 6.42 Å². The number of carbonyl (C=O) groups excluding carboxylic acids is 1. The number of hydrogen-bond acceptors (Lipinski definition) is 5. The van der Waals surface area contributed by atoms with Gasteiger partial charge in [-0.05, 0) is 38.5 Å². The van der Waals surface area contributed by atoms with E-state index in [0.717, 1.165) is 25.7 Å². The van der Waals surface area contributed by atoms with Crippen molar-refractivity contribution < 1.29 is 24.9 Å². The summed E-state index contributed by atoms with van der Waals surface area (Å²) in [6.45, 7) is 2.72. The van der Waals surface area contributed by atoms with Crippen LogP contribution >= 0.6 is 0 Å². The van der Waals surface area contributed by atoms with Crippen LogP contribution in [0.3, 0.4) is 0 Å². The molecule has 0 bridgehead atoms. The maximum atomic E-state index is 11.9. The minimum absolute atomic E-state index is 0.00807. The highest BCUT2D eigenvalue weighted by Gasteiger charge is 2.29. The Morgan fingerprint density at radius 1 is 1.10 bits per heavy atom. The van der Waals surface area contributed by atoms with Gasteiger partial charge in [-0.2, -0.15) is 0 Å². The minimum atomic E-state index is -0.964. The van der Waals surface area contributed by atoms with Crippen LogP contribution in [0.1, 0.15) is 44.9 Å². The summed E-state index contributed by atoms with van der Waals surface area (Å²) in [4.78, 5) is 11.9. The largest absolute Gasteiger partial charge is 0.459 e. The third kappa shape index (κ3) is 4.89. The van der Waals surface area contributed by atoms with Crippen molar-refractivity contribution in [1.29, 1.82) is 0 Å². The zero-order chi connectivity index (χ0) is 15.0. The van der Waals surface area contributed by atoms with Crippen LogP contribution in [-0.4, -0.2) is 47.2 Å². The summed E-state index contributed by atoms with van der Waals surface area (Å²) >= 11 is 0. The molecule has 0 amide bonds. The van der Waals surface area contributed by atoms with E-state index in [9.17, 15) is 20.1 Å². The predicted octanol–water partition coefficient (Wildman–Crippen LogP) is 1.16. The first-order chi connectivity index (χ1) is 9.56. The van der Waals surface area contributed by atoms with Crippen molar-refractivity contribution in [1.82, 2.24) is 0 Å². The summed E-state index contributed by atoms with van der Waals surface area (Å²) in [6, 6.07) is 0. The molecule has 0 unspecified atom stereocenters. The Kier molecular flexibility index (Phi) is 7.19. The van der Waals surface area contributed by atoms with Crippen molar-refractivity contribution >= 4 is 5.97 Å². The van der Waals surface area contributed by atoms with Gasteiger partial charge in [-0.3, -0.25) is 0 Å². The smallest absolute Gasteiger partial charge is 0.333 e. The number of esters is 1. The molecule has 0 heterocycles. The molecule has 0 radical (unpaired) electrons. The van der Waals surface area contributed by atoms with Crippen molar-refractivity contribution in [2.45, 2.75) is 51.0 Å². The fraction of sp³-hybridized carbons (Fsp3) is 0.800. The van der Waals surface area contributed by atoms with Gasteiger partial charge >= 0.3 is 5.97 Å². The van der Waals surface area contributed by atoms with Crippen LogP contribution in [0.5, 0.6) is 0 Å². The van der Waals surface area contributed by atoms with Crippen molar-refractivity contribution in [3.05, 3.63) is 12.2 Å². The molecule has 1 rings (SSSR count). The lowest BCUT2D eigenvalue weighted by molar-refractivity contribution is -0.146. The number of ether oxygens (including phenoxy) is 1. The molecule has 0 aliphatic heterocycles. The maximum absolute atomic E-state index is 11.9. The number of hydrogen-bond donors (Lipinski definition) is 3. The van der Waals surface area contributed by atoms with Crippen molar-refractivity contribution in [3.63, 3.8) is 0 Å². The Morgan fingerprint density at radius 3 is 2.15 bits per heavy atom. The standard InChI is InChI=1S/C15H26O5/c1-12(7-8-15(9-16,10-17)11-18)14(19)20-13-5-3-2-4-6-13/h13,16-18H,1-11H2. The summed E-state index contributed by atoms with van der Waals surface area (Å²) in [5.74, 6) is -0.403. The zero-order valence-electron chi connectivity index (χ0n) is 12.0. The first-order valence-electron chi connectivity index (χ1n) is 7.28. The van der Waals surface area contributed by atoms with E-state index in [1.54, 1.807) is 0 Å². The SMILES string of the molecule is C=C(CCC(CO)(CO)CO)C(=O)OC1CCCCC1. The summed E-state index contributed by atoms with van der Waals surface area (Å²) in [6.07, 6.45) is 5.79. The van der Waals surface area contributed by atoms with Crippen LogP contribution in [0.15, 0.2) is 12.2 Å². The lowest BCUT2D eigenvalue weighted by atomic mass is 9.84. The molecule has 116 valence electrons. The molecule has 1 saturated carbocycles. The van der Waals surface area contributed by atoms with Gasteiger partial charge in [0.05, 0.1) is 19.8 Å². The minimum Gasteiger partial charge on any atom is -0.459 e. The van der Waals surface area contributed by atoms with E-state index < -0.39 is 11.4 Å². The summed E-state index contributed by atoms with van der Waals surface area (Å²) in [5, 5.41) is 27.7. The van der Waals surface area contributed by atoms with E-state index in [1.807, 2.05) is 0 Å². The Hall–Kier alpha value is -0.910. The fourth-order valence-corrected chi connectivity index (χ4v) is 2.32. The highest BCUT2D eigenvalue weighted by Crippen LogP contribution is 2.26. The molecule has 1 aliphatic rings. The molecule has 3 N–H and O–H groups in total. The second kappa shape index (κ2) is 8.39. The van der Waals surface area contributed by atoms with Crippen LogP contribution < -0.4 is 0 Å². The second-order valence-electron chi connectivity index (χ2n) is 5.74. The Morgan fingerprint density at radius 2 is 1.65 bits per heavy atom. The average molecular weight is 286 g/mol. The molecule has 0 atom stereocenters. The van der Waals surface area contributed by atoms with E-state index in [0.29, 0.717) is 18.4 Å². The van der Waals surface area contributed by atoms with Crippen LogP contribution in [0, 0.1) is 5.41 Å². The van der Waals surface area contributed by atoms with Gasteiger partial charge in [0.25, 0.3) is 0 Å². The molecule has 1 aliphatic carbocycles. The molecule has 5 heteroatoms. The number of aliphatic hydroxyl groups excluding tert-OH is 3. The van der Waals surface area contributed by atoms with E-state index in [4.69, 9.17) is 4.74 Å². The fourth-order valence-electron chi connectivity index (χ4n) is 2.32. The van der Waals surface area contributed by atoms with Gasteiger partial charge in [0.2, 0.25) is 0 Å². The summed E-state index contributed by atoms with van der Waals surface area (Å²) < 4.78 is 5.39. The molecular formula is C15H26O5. The van der Waals surface area contributed by atoms with E-state index in [-0.39, 0.29) is 25.9 Å². The average Bonchev–Trinajstić information content (AvgIpc) is 2.50. The van der Waals surface area contributed by atoms with E-state index in [2.05, 4.69) is 6.58 Å². The molecule has 20 heavy (non-hydrogen) atoms. The van der Waals surface area contributed by atoms with Crippen LogP contribution in [0.2, 0.25) is 0 Å². The van der Waals surface area contributed by atoms with Crippen LogP contribution in [0.4, 0.5) is 0 Å². The van der Waals surface area contributed by atoms with Crippen molar-refractivity contribution in [2.75, 3.05) is 19.8 Å². The third-order valence-corrected chi connectivity index (χ3v) is 4.08. The summed E-state index contributed by atoms with van der Waals surface area (Å²) in [5.41, 5.74) is -0.635. The Bertz CT molecular complexity index is 308. The quantitative estimate of drug-likeness (QED) is 0.460. The van der Waals surface area contributed by atoms with Crippen LogP contribution in [0.25, 0.3) is 0 Å². The van der Waals surface area contributed by atoms with Crippen LogP contribution in [-0.2, 0) is 9.53 Å². The molecule has 0 spiro atoms. The molecule has 0 aromatic heterocycles. The first-order valence-corrected chi connectivity index (χ1v) is 7.28. The van der Waals surface area contributed by atoms with Gasteiger partial charge in [-0.25, -0.2) is 4.79 Å². The molecule has 0 saturated heterocycles. The lowest BCUT2D eigenvalue weighted by Crippen LogP contribution is -2.34. The monoisotopic (exact) mass is 286 g/mol. The number of rotatable bonds is 8. The van der Waals surface area contributed by atoms with E-state index >= 15 is 0 Å². The van der Waals surface area contributed by atoms with Gasteiger partial charge in [0.15, 0.2) is 0 Å². The molecular weight excluding hydrogens is 260 g/mol. The predicted molar refractivity (Wildman–Crippen MR) is 75.0 cm³/mol. The molecule has 1 fully saturated rings. The zero-order valence-corrected chi connectivity index (χ0v) is 12.0. The normalized spacial score (nSPS) is 16.9. The molecule has 5 nitrogen and oxygen atoms in total. The molecule has 0 aromatic rings. The maximum Gasteiger partial charge on any atom is 0.333 e. The van der Waals surface area contributed by atoms with Crippen molar-refractivity contribution in [3.8, 4) is 0 Å². The third-order valence-electron chi connectivity index (χ3n) is 4.08. The number of carbonyl (C=O) groups is 1. The Labute approximate surface area is 120 Å². The highest BCUT2D eigenvalue weighted by molar-refractivity contribution is 5.87. The van der Waals surface area contributed by atoms with Gasteiger partial charge < -0.3 is 20.1 Å². The van der Waals surface area contributed by atoms with Gasteiger partial charge in [-0.15, -0.1) is 0 Å².